The summed E-state index contributed by atoms with van der Waals surface area (Å²) in [6, 6.07) is 3.32. The Labute approximate surface area is 154 Å². The number of carbonyl (C=O) groups excluding carboxylic acids is 1. The van der Waals surface area contributed by atoms with Gasteiger partial charge in [0, 0.05) is 32.2 Å². The summed E-state index contributed by atoms with van der Waals surface area (Å²) < 4.78 is 26.9. The first-order valence-corrected chi connectivity index (χ1v) is 9.81. The lowest BCUT2D eigenvalue weighted by molar-refractivity contribution is -0.384. The fourth-order valence-corrected chi connectivity index (χ4v) is 3.75. The molecule has 0 fully saturated rings. The van der Waals surface area contributed by atoms with Gasteiger partial charge >= 0.3 is 0 Å². The highest BCUT2D eigenvalue weighted by molar-refractivity contribution is 7.89. The number of hydrogen-bond donors (Lipinski definition) is 1. The van der Waals surface area contributed by atoms with Gasteiger partial charge < -0.3 is 9.80 Å². The average Bonchev–Trinajstić information content (AvgIpc) is 2.54. The fourth-order valence-electron chi connectivity index (χ4n) is 2.48. The van der Waals surface area contributed by atoms with Crippen molar-refractivity contribution in [3.8, 4) is 0 Å². The van der Waals surface area contributed by atoms with Crippen LogP contribution in [0.4, 0.5) is 11.4 Å². The molecule has 1 N–H and O–H groups in total. The normalized spacial score (nSPS) is 11.5. The predicted molar refractivity (Wildman–Crippen MR) is 99.8 cm³/mol. The standard InChI is InChI=1S/C16H26N4O5S/c1-6-19(7-2)16(21)11-18(5)14-9-8-13(10-15(14)20(22)23)26(24,25)17-12(3)4/h8-10,12,17H,6-7,11H2,1-5H3. The highest BCUT2D eigenvalue weighted by atomic mass is 32.2. The quantitative estimate of drug-likeness (QED) is 0.509. The van der Waals surface area contributed by atoms with Gasteiger partial charge in [0.05, 0.1) is 16.4 Å². The maximum Gasteiger partial charge on any atom is 0.293 e. The van der Waals surface area contributed by atoms with E-state index in [0.717, 1.165) is 6.07 Å². The molecule has 1 aromatic rings. The molecule has 0 aliphatic carbocycles. The second kappa shape index (κ2) is 8.95. The average molecular weight is 386 g/mol. The molecule has 0 radical (unpaired) electrons. The van der Waals surface area contributed by atoms with Gasteiger partial charge in [-0.1, -0.05) is 0 Å². The van der Waals surface area contributed by atoms with Crippen LogP contribution in [0, 0.1) is 10.1 Å². The molecule has 10 heteroatoms. The number of nitro benzene ring substituents is 1. The molecule has 0 bridgehead atoms. The fraction of sp³-hybridized carbons (Fsp3) is 0.562. The molecule has 0 aromatic heterocycles. The summed E-state index contributed by atoms with van der Waals surface area (Å²) in [5, 5.41) is 11.4. The van der Waals surface area contributed by atoms with Gasteiger partial charge in [-0.2, -0.15) is 0 Å². The first kappa shape index (κ1) is 21.8. The van der Waals surface area contributed by atoms with E-state index in [0.29, 0.717) is 13.1 Å². The van der Waals surface area contributed by atoms with Gasteiger partial charge in [-0.25, -0.2) is 13.1 Å². The SMILES string of the molecule is CCN(CC)C(=O)CN(C)c1ccc(S(=O)(=O)NC(C)C)cc1[N+](=O)[O-]. The topological polar surface area (TPSA) is 113 Å². The van der Waals surface area contributed by atoms with Crippen molar-refractivity contribution in [1.82, 2.24) is 9.62 Å². The van der Waals surface area contributed by atoms with Crippen LogP contribution in [-0.4, -0.2) is 56.9 Å². The molecule has 0 saturated heterocycles. The number of nitrogens with zero attached hydrogens (tertiary/aromatic N) is 3. The molecule has 0 aliphatic heterocycles. The summed E-state index contributed by atoms with van der Waals surface area (Å²) in [7, 11) is -2.29. The van der Waals surface area contributed by atoms with E-state index in [1.807, 2.05) is 13.8 Å². The van der Waals surface area contributed by atoms with Crippen molar-refractivity contribution >= 4 is 27.3 Å². The van der Waals surface area contributed by atoms with Gasteiger partial charge in [0.15, 0.2) is 0 Å². The molecule has 0 heterocycles. The van der Waals surface area contributed by atoms with Crippen LogP contribution in [0.15, 0.2) is 23.1 Å². The molecule has 1 amide bonds. The van der Waals surface area contributed by atoms with Gasteiger partial charge in [0.1, 0.15) is 5.69 Å². The van der Waals surface area contributed by atoms with Gasteiger partial charge in [-0.15, -0.1) is 0 Å². The van der Waals surface area contributed by atoms with Gasteiger partial charge in [-0.05, 0) is 39.8 Å². The van der Waals surface area contributed by atoms with E-state index in [1.54, 1.807) is 25.8 Å². The zero-order valence-corrected chi connectivity index (χ0v) is 16.5. The first-order valence-electron chi connectivity index (χ1n) is 8.33. The maximum atomic E-state index is 12.2. The molecule has 26 heavy (non-hydrogen) atoms. The molecule has 9 nitrogen and oxygen atoms in total. The van der Waals surface area contributed by atoms with E-state index in [9.17, 15) is 23.3 Å². The zero-order chi connectivity index (χ0) is 20.1. The highest BCUT2D eigenvalue weighted by Gasteiger charge is 2.25. The summed E-state index contributed by atoms with van der Waals surface area (Å²) in [6.07, 6.45) is 0. The Balaban J connectivity index is 3.21. The van der Waals surface area contributed by atoms with Crippen molar-refractivity contribution in [2.75, 3.05) is 31.6 Å². The van der Waals surface area contributed by atoms with Crippen LogP contribution < -0.4 is 9.62 Å². The van der Waals surface area contributed by atoms with Crippen molar-refractivity contribution in [2.24, 2.45) is 0 Å². The Morgan fingerprint density at radius 2 is 1.85 bits per heavy atom. The van der Waals surface area contributed by atoms with Gasteiger partial charge in [0.25, 0.3) is 5.69 Å². The molecule has 0 atom stereocenters. The second-order valence-electron chi connectivity index (χ2n) is 6.11. The molecular weight excluding hydrogens is 360 g/mol. The smallest absolute Gasteiger partial charge is 0.293 e. The minimum atomic E-state index is -3.85. The first-order chi connectivity index (χ1) is 12.0. The van der Waals surface area contributed by atoms with Crippen molar-refractivity contribution < 1.29 is 18.1 Å². The monoisotopic (exact) mass is 386 g/mol. The van der Waals surface area contributed by atoms with Crippen molar-refractivity contribution in [3.05, 3.63) is 28.3 Å². The van der Waals surface area contributed by atoms with Crippen LogP contribution in [0.1, 0.15) is 27.7 Å². The third-order valence-corrected chi connectivity index (χ3v) is 5.40. The Morgan fingerprint density at radius 1 is 1.27 bits per heavy atom. The Hall–Kier alpha value is -2.20. The molecular formula is C16H26N4O5S. The summed E-state index contributed by atoms with van der Waals surface area (Å²) in [5.74, 6) is -0.162. The number of sulfonamides is 1. The lowest BCUT2D eigenvalue weighted by Crippen LogP contribution is -2.39. The van der Waals surface area contributed by atoms with Crippen LogP contribution in [-0.2, 0) is 14.8 Å². The Bertz CT molecular complexity index is 760. The molecule has 0 saturated carbocycles. The number of nitro groups is 1. The molecule has 0 aliphatic rings. The van der Waals surface area contributed by atoms with E-state index in [1.165, 1.54) is 17.0 Å². The lowest BCUT2D eigenvalue weighted by Gasteiger charge is -2.24. The Kier molecular flexibility index (Phi) is 7.52. The number of benzene rings is 1. The highest BCUT2D eigenvalue weighted by Crippen LogP contribution is 2.30. The maximum absolute atomic E-state index is 12.2. The molecule has 1 rings (SSSR count). The van der Waals surface area contributed by atoms with Crippen LogP contribution in [0.3, 0.4) is 0 Å². The molecule has 0 spiro atoms. The third-order valence-electron chi connectivity index (χ3n) is 3.74. The van der Waals surface area contributed by atoms with E-state index >= 15 is 0 Å². The van der Waals surface area contributed by atoms with Crippen molar-refractivity contribution in [2.45, 2.75) is 38.6 Å². The number of carbonyl (C=O) groups is 1. The summed E-state index contributed by atoms with van der Waals surface area (Å²) in [6.45, 7) is 8.07. The number of anilines is 1. The lowest BCUT2D eigenvalue weighted by atomic mass is 10.2. The predicted octanol–water partition coefficient (Wildman–Crippen LogP) is 1.59. The van der Waals surface area contributed by atoms with Gasteiger partial charge in [-0.3, -0.25) is 14.9 Å². The minimum Gasteiger partial charge on any atom is -0.360 e. The van der Waals surface area contributed by atoms with E-state index in [4.69, 9.17) is 0 Å². The third kappa shape index (κ3) is 5.40. The number of nitrogens with one attached hydrogen (secondary N) is 1. The Morgan fingerprint density at radius 3 is 2.31 bits per heavy atom. The number of hydrogen-bond acceptors (Lipinski definition) is 6. The van der Waals surface area contributed by atoms with Crippen LogP contribution in [0.25, 0.3) is 0 Å². The van der Waals surface area contributed by atoms with E-state index in [2.05, 4.69) is 4.72 Å². The number of likely N-dealkylation sites (N-methyl/N-ethyl adjacent to an activating group) is 2. The molecule has 1 aromatic carbocycles. The van der Waals surface area contributed by atoms with Gasteiger partial charge in [0.2, 0.25) is 15.9 Å². The van der Waals surface area contributed by atoms with Crippen LogP contribution in [0.2, 0.25) is 0 Å². The van der Waals surface area contributed by atoms with Crippen LogP contribution >= 0.6 is 0 Å². The summed E-state index contributed by atoms with van der Waals surface area (Å²) in [4.78, 5) is 25.9. The van der Waals surface area contributed by atoms with E-state index < -0.39 is 14.9 Å². The van der Waals surface area contributed by atoms with Crippen molar-refractivity contribution in [3.63, 3.8) is 0 Å². The largest absolute Gasteiger partial charge is 0.360 e. The second-order valence-corrected chi connectivity index (χ2v) is 7.82. The molecule has 0 unspecified atom stereocenters. The minimum absolute atomic E-state index is 0.0428. The van der Waals surface area contributed by atoms with Crippen LogP contribution in [0.5, 0.6) is 0 Å². The van der Waals surface area contributed by atoms with Crippen molar-refractivity contribution in [1.29, 1.82) is 0 Å². The number of amides is 1. The zero-order valence-electron chi connectivity index (χ0n) is 15.7. The summed E-state index contributed by atoms with van der Waals surface area (Å²) >= 11 is 0. The number of rotatable bonds is 9. The summed E-state index contributed by atoms with van der Waals surface area (Å²) in [5.41, 5.74) is -0.189. The molecule has 146 valence electrons. The van der Waals surface area contributed by atoms with E-state index in [-0.39, 0.29) is 34.8 Å².